The van der Waals surface area contributed by atoms with Gasteiger partial charge >= 0.3 is 5.97 Å². The molecule has 1 aliphatic rings. The van der Waals surface area contributed by atoms with Crippen LogP contribution in [-0.4, -0.2) is 57.3 Å². The first-order valence-corrected chi connectivity index (χ1v) is 11.4. The number of halogens is 1. The molecule has 0 aliphatic carbocycles. The number of piperidine rings is 1. The maximum Gasteiger partial charge on any atom is 0.327 e. The Labute approximate surface area is 197 Å². The number of hydrogen-bond donors (Lipinski definition) is 1. The fraction of sp³-hybridized carbons (Fsp3) is 0.360. The van der Waals surface area contributed by atoms with Crippen molar-refractivity contribution in [2.45, 2.75) is 38.9 Å². The van der Waals surface area contributed by atoms with Crippen LogP contribution < -0.4 is 5.32 Å². The lowest BCUT2D eigenvalue weighted by Crippen LogP contribution is -2.44. The summed E-state index contributed by atoms with van der Waals surface area (Å²) in [7, 11) is 0. The molecule has 34 heavy (non-hydrogen) atoms. The zero-order valence-electron chi connectivity index (χ0n) is 19.1. The van der Waals surface area contributed by atoms with E-state index in [4.69, 9.17) is 4.74 Å². The number of pyridine rings is 1. The molecule has 0 saturated carbocycles. The van der Waals surface area contributed by atoms with Gasteiger partial charge in [0.05, 0.1) is 24.1 Å². The number of likely N-dealkylation sites (tertiary alicyclic amines) is 1. The van der Waals surface area contributed by atoms with Crippen LogP contribution in [0.25, 0.3) is 11.3 Å². The van der Waals surface area contributed by atoms with Crippen molar-refractivity contribution >= 4 is 11.9 Å². The molecule has 1 saturated heterocycles. The number of amides is 1. The quantitative estimate of drug-likeness (QED) is 0.515. The number of benzene rings is 1. The highest BCUT2D eigenvalue weighted by Crippen LogP contribution is 2.19. The summed E-state index contributed by atoms with van der Waals surface area (Å²) in [5.41, 5.74) is 2.81. The van der Waals surface area contributed by atoms with Gasteiger partial charge in [-0.25, -0.2) is 4.39 Å². The Morgan fingerprint density at radius 1 is 1.18 bits per heavy atom. The average molecular weight is 466 g/mol. The summed E-state index contributed by atoms with van der Waals surface area (Å²) in [6, 6.07) is 9.76. The summed E-state index contributed by atoms with van der Waals surface area (Å²) in [6.45, 7) is 4.69. The van der Waals surface area contributed by atoms with Gasteiger partial charge in [0, 0.05) is 49.2 Å². The second kappa shape index (κ2) is 11.0. The molecule has 0 bridgehead atoms. The van der Waals surface area contributed by atoms with Gasteiger partial charge < -0.3 is 10.1 Å². The molecule has 0 atom stereocenters. The van der Waals surface area contributed by atoms with Gasteiger partial charge in [0.1, 0.15) is 12.4 Å². The predicted octanol–water partition coefficient (Wildman–Crippen LogP) is 3.04. The zero-order chi connectivity index (χ0) is 23.9. The Bertz CT molecular complexity index is 1120. The van der Waals surface area contributed by atoms with Crippen LogP contribution in [0.2, 0.25) is 0 Å². The number of esters is 1. The summed E-state index contributed by atoms with van der Waals surface area (Å²) in [5, 5.41) is 7.32. The highest BCUT2D eigenvalue weighted by molar-refractivity contribution is 5.94. The van der Waals surface area contributed by atoms with Crippen molar-refractivity contribution in [3.8, 4) is 11.3 Å². The highest BCUT2D eigenvalue weighted by Gasteiger charge is 2.22. The molecule has 1 N–H and O–H groups in total. The van der Waals surface area contributed by atoms with E-state index < -0.39 is 0 Å². The number of ether oxygens (including phenoxy) is 1. The van der Waals surface area contributed by atoms with Crippen LogP contribution in [0.1, 0.15) is 35.7 Å². The monoisotopic (exact) mass is 465 g/mol. The largest absolute Gasteiger partial charge is 0.465 e. The van der Waals surface area contributed by atoms with Crippen LogP contribution in [0.4, 0.5) is 4.39 Å². The first kappa shape index (κ1) is 23.6. The number of carbonyl (C=O) groups excluding carboxylic acids is 2. The molecule has 9 heteroatoms. The van der Waals surface area contributed by atoms with E-state index >= 15 is 0 Å². The topological polar surface area (TPSA) is 89.4 Å². The van der Waals surface area contributed by atoms with Gasteiger partial charge in [0.2, 0.25) is 0 Å². The minimum atomic E-state index is -0.321. The van der Waals surface area contributed by atoms with Gasteiger partial charge in [-0.05, 0) is 44.0 Å². The molecule has 1 fully saturated rings. The Morgan fingerprint density at radius 3 is 2.71 bits per heavy atom. The van der Waals surface area contributed by atoms with Gasteiger partial charge in [0.15, 0.2) is 0 Å². The van der Waals surface area contributed by atoms with Crippen LogP contribution in [0.5, 0.6) is 0 Å². The molecule has 2 aromatic heterocycles. The third-order valence-corrected chi connectivity index (χ3v) is 5.76. The Morgan fingerprint density at radius 2 is 2.00 bits per heavy atom. The van der Waals surface area contributed by atoms with Crippen molar-refractivity contribution in [1.82, 2.24) is 25.0 Å². The molecule has 8 nitrogen and oxygen atoms in total. The van der Waals surface area contributed by atoms with Gasteiger partial charge in [-0.3, -0.25) is 24.2 Å². The summed E-state index contributed by atoms with van der Waals surface area (Å²) in [5.74, 6) is -0.775. The van der Waals surface area contributed by atoms with E-state index in [2.05, 4.69) is 20.3 Å². The first-order chi connectivity index (χ1) is 16.5. The van der Waals surface area contributed by atoms with Crippen molar-refractivity contribution in [2.75, 3.05) is 19.7 Å². The maximum atomic E-state index is 13.4. The van der Waals surface area contributed by atoms with Crippen molar-refractivity contribution in [2.24, 2.45) is 0 Å². The van der Waals surface area contributed by atoms with Crippen LogP contribution in [0.3, 0.4) is 0 Å². The van der Waals surface area contributed by atoms with E-state index in [1.54, 1.807) is 42.1 Å². The molecule has 3 heterocycles. The van der Waals surface area contributed by atoms with E-state index in [1.165, 1.54) is 18.3 Å². The normalized spacial score (nSPS) is 14.6. The van der Waals surface area contributed by atoms with Gasteiger partial charge in [-0.2, -0.15) is 5.10 Å². The molecule has 4 rings (SSSR count). The van der Waals surface area contributed by atoms with E-state index in [1.807, 2.05) is 6.20 Å². The molecular formula is C25H28FN5O3. The number of nitrogens with zero attached hydrogens (tertiary/aromatic N) is 4. The second-order valence-corrected chi connectivity index (χ2v) is 8.32. The standard InChI is InChI=1S/C25H28FN5O3/c1-2-34-24(32)17-31-16-18(13-28-31)15-30-10-8-22(9-11-30)29-25(33)20-6-7-23(27-14-20)19-4-3-5-21(26)12-19/h3-7,12-14,16,22H,2,8-11,15,17H2,1H3,(H,29,33). The fourth-order valence-electron chi connectivity index (χ4n) is 4.02. The Kier molecular flexibility index (Phi) is 7.64. The van der Waals surface area contributed by atoms with E-state index in [-0.39, 0.29) is 30.3 Å². The van der Waals surface area contributed by atoms with E-state index in [0.29, 0.717) is 23.4 Å². The number of rotatable bonds is 8. The zero-order valence-corrected chi connectivity index (χ0v) is 19.1. The first-order valence-electron chi connectivity index (χ1n) is 11.4. The minimum Gasteiger partial charge on any atom is -0.465 e. The SMILES string of the molecule is CCOC(=O)Cn1cc(CN2CCC(NC(=O)c3ccc(-c4cccc(F)c4)nc3)CC2)cn1. The smallest absolute Gasteiger partial charge is 0.327 e. The third-order valence-electron chi connectivity index (χ3n) is 5.76. The maximum absolute atomic E-state index is 13.4. The molecular weight excluding hydrogens is 437 g/mol. The number of aromatic nitrogens is 3. The molecule has 1 aliphatic heterocycles. The van der Waals surface area contributed by atoms with Gasteiger partial charge in [0.25, 0.3) is 5.91 Å². The summed E-state index contributed by atoms with van der Waals surface area (Å²) < 4.78 is 20.0. The van der Waals surface area contributed by atoms with Gasteiger partial charge in [-0.1, -0.05) is 12.1 Å². The predicted molar refractivity (Wildman–Crippen MR) is 124 cm³/mol. The number of carbonyl (C=O) groups is 2. The lowest BCUT2D eigenvalue weighted by atomic mass is 10.0. The Hall–Kier alpha value is -3.59. The second-order valence-electron chi connectivity index (χ2n) is 8.32. The molecule has 178 valence electrons. The van der Waals surface area contributed by atoms with Crippen LogP contribution >= 0.6 is 0 Å². The van der Waals surface area contributed by atoms with Crippen molar-refractivity contribution in [1.29, 1.82) is 0 Å². The van der Waals surface area contributed by atoms with E-state index in [0.717, 1.165) is 38.0 Å². The minimum absolute atomic E-state index is 0.0955. The Balaban J connectivity index is 1.24. The molecule has 1 aromatic carbocycles. The van der Waals surface area contributed by atoms with Crippen molar-refractivity contribution < 1.29 is 18.7 Å². The van der Waals surface area contributed by atoms with Crippen molar-refractivity contribution in [3.63, 3.8) is 0 Å². The van der Waals surface area contributed by atoms with Crippen molar-refractivity contribution in [3.05, 3.63) is 71.9 Å². The lowest BCUT2D eigenvalue weighted by molar-refractivity contribution is -0.144. The summed E-state index contributed by atoms with van der Waals surface area (Å²) in [4.78, 5) is 30.9. The summed E-state index contributed by atoms with van der Waals surface area (Å²) in [6.07, 6.45) is 6.85. The molecule has 0 radical (unpaired) electrons. The molecule has 0 spiro atoms. The molecule has 3 aromatic rings. The third kappa shape index (κ3) is 6.26. The van der Waals surface area contributed by atoms with Crippen LogP contribution in [-0.2, 0) is 22.6 Å². The number of nitrogens with one attached hydrogen (secondary N) is 1. The highest BCUT2D eigenvalue weighted by atomic mass is 19.1. The fourth-order valence-corrected chi connectivity index (χ4v) is 4.02. The van der Waals surface area contributed by atoms with Crippen LogP contribution in [0, 0.1) is 5.82 Å². The van der Waals surface area contributed by atoms with Crippen LogP contribution in [0.15, 0.2) is 55.0 Å². The summed E-state index contributed by atoms with van der Waals surface area (Å²) >= 11 is 0. The average Bonchev–Trinajstić information content (AvgIpc) is 3.27. The van der Waals surface area contributed by atoms with E-state index in [9.17, 15) is 14.0 Å². The number of hydrogen-bond acceptors (Lipinski definition) is 6. The molecule has 0 unspecified atom stereocenters. The lowest BCUT2D eigenvalue weighted by Gasteiger charge is -2.32. The van der Waals surface area contributed by atoms with Gasteiger partial charge in [-0.15, -0.1) is 0 Å². The molecule has 1 amide bonds.